The van der Waals surface area contributed by atoms with E-state index in [0.29, 0.717) is 10.6 Å². The van der Waals surface area contributed by atoms with Gasteiger partial charge in [0.15, 0.2) is 17.5 Å². The van der Waals surface area contributed by atoms with E-state index in [0.717, 1.165) is 17.7 Å². The van der Waals surface area contributed by atoms with Crippen molar-refractivity contribution in [1.29, 1.82) is 0 Å². The van der Waals surface area contributed by atoms with E-state index in [1.54, 1.807) is 18.2 Å². The van der Waals surface area contributed by atoms with Gasteiger partial charge in [0.25, 0.3) is 0 Å². The van der Waals surface area contributed by atoms with Gasteiger partial charge in [-0.25, -0.2) is 13.2 Å². The fourth-order valence-corrected chi connectivity index (χ4v) is 2.20. The monoisotopic (exact) mass is 285 g/mol. The summed E-state index contributed by atoms with van der Waals surface area (Å²) in [5.41, 5.74) is 7.16. The van der Waals surface area contributed by atoms with Gasteiger partial charge in [-0.3, -0.25) is 0 Å². The summed E-state index contributed by atoms with van der Waals surface area (Å²) in [6, 6.07) is 6.09. The third-order valence-electron chi connectivity index (χ3n) is 2.82. The van der Waals surface area contributed by atoms with Gasteiger partial charge in [-0.15, -0.1) is 0 Å². The summed E-state index contributed by atoms with van der Waals surface area (Å²) in [6.45, 7) is 1.81. The van der Waals surface area contributed by atoms with E-state index < -0.39 is 23.5 Å². The van der Waals surface area contributed by atoms with E-state index in [4.69, 9.17) is 17.3 Å². The third kappa shape index (κ3) is 2.74. The molecule has 0 bridgehead atoms. The molecule has 0 aliphatic heterocycles. The highest BCUT2D eigenvalue weighted by atomic mass is 35.5. The molecule has 2 aromatic rings. The Hall–Kier alpha value is -1.52. The average molecular weight is 286 g/mol. The van der Waals surface area contributed by atoms with Crippen molar-refractivity contribution in [3.05, 3.63) is 69.5 Å². The van der Waals surface area contributed by atoms with Crippen LogP contribution in [-0.2, 0) is 0 Å². The molecule has 1 unspecified atom stereocenters. The molecule has 0 aliphatic carbocycles. The standard InChI is InChI=1S/C14H11ClF3N/c1-7-4-8(6-9(15)5-7)14(19)10-2-3-11(16)13(18)12(10)17/h2-6,14H,19H2,1H3. The highest BCUT2D eigenvalue weighted by molar-refractivity contribution is 6.30. The first-order valence-corrected chi connectivity index (χ1v) is 5.94. The zero-order valence-electron chi connectivity index (χ0n) is 10.1. The third-order valence-corrected chi connectivity index (χ3v) is 3.04. The fourth-order valence-electron chi connectivity index (χ4n) is 1.90. The maximum absolute atomic E-state index is 13.7. The van der Waals surface area contributed by atoms with Crippen molar-refractivity contribution < 1.29 is 13.2 Å². The number of benzene rings is 2. The Kier molecular flexibility index (Phi) is 3.83. The second-order valence-electron chi connectivity index (χ2n) is 4.30. The molecule has 1 nitrogen and oxygen atoms in total. The molecule has 0 radical (unpaired) electrons. The van der Waals surface area contributed by atoms with Crippen LogP contribution < -0.4 is 5.73 Å². The van der Waals surface area contributed by atoms with Gasteiger partial charge in [-0.2, -0.15) is 0 Å². The van der Waals surface area contributed by atoms with E-state index >= 15 is 0 Å². The number of hydrogen-bond acceptors (Lipinski definition) is 1. The minimum absolute atomic E-state index is 0.111. The lowest BCUT2D eigenvalue weighted by atomic mass is 9.97. The first kappa shape index (κ1) is 13.9. The highest BCUT2D eigenvalue weighted by Crippen LogP contribution is 2.27. The largest absolute Gasteiger partial charge is 0.320 e. The van der Waals surface area contributed by atoms with Crippen molar-refractivity contribution in [2.75, 3.05) is 0 Å². The van der Waals surface area contributed by atoms with Crippen molar-refractivity contribution in [3.63, 3.8) is 0 Å². The van der Waals surface area contributed by atoms with Crippen LogP contribution in [0.4, 0.5) is 13.2 Å². The SMILES string of the molecule is Cc1cc(Cl)cc(C(N)c2ccc(F)c(F)c2F)c1. The van der Waals surface area contributed by atoms with Gasteiger partial charge >= 0.3 is 0 Å². The van der Waals surface area contributed by atoms with Crippen LogP contribution in [0.5, 0.6) is 0 Å². The molecule has 0 aromatic heterocycles. The van der Waals surface area contributed by atoms with Crippen LogP contribution in [-0.4, -0.2) is 0 Å². The van der Waals surface area contributed by atoms with Crippen molar-refractivity contribution in [3.8, 4) is 0 Å². The predicted octanol–water partition coefficient (Wildman–Crippen LogP) is 4.11. The Bertz CT molecular complexity index is 608. The Morgan fingerprint density at radius 3 is 2.37 bits per heavy atom. The van der Waals surface area contributed by atoms with E-state index in [9.17, 15) is 13.2 Å². The quantitative estimate of drug-likeness (QED) is 0.826. The summed E-state index contributed by atoms with van der Waals surface area (Å²) in [4.78, 5) is 0. The Morgan fingerprint density at radius 2 is 1.74 bits per heavy atom. The summed E-state index contributed by atoms with van der Waals surface area (Å²) >= 11 is 5.89. The summed E-state index contributed by atoms with van der Waals surface area (Å²) < 4.78 is 39.7. The molecule has 2 N–H and O–H groups in total. The van der Waals surface area contributed by atoms with Crippen LogP contribution >= 0.6 is 11.6 Å². The van der Waals surface area contributed by atoms with Crippen molar-refractivity contribution >= 4 is 11.6 Å². The molecule has 100 valence electrons. The lowest BCUT2D eigenvalue weighted by molar-refractivity contribution is 0.438. The minimum Gasteiger partial charge on any atom is -0.320 e. The molecule has 1 atom stereocenters. The van der Waals surface area contributed by atoms with E-state index in [1.807, 2.05) is 6.92 Å². The van der Waals surface area contributed by atoms with Gasteiger partial charge in [-0.1, -0.05) is 23.7 Å². The molecule has 0 saturated carbocycles. The first-order chi connectivity index (χ1) is 8.90. The normalized spacial score (nSPS) is 12.5. The molecular formula is C14H11ClF3N. The van der Waals surface area contributed by atoms with Crippen LogP contribution in [0.3, 0.4) is 0 Å². The Labute approximate surface area is 113 Å². The maximum Gasteiger partial charge on any atom is 0.194 e. The summed E-state index contributed by atoms with van der Waals surface area (Å²) in [5, 5.41) is 0.452. The number of rotatable bonds is 2. The second kappa shape index (κ2) is 5.23. The molecule has 0 amide bonds. The van der Waals surface area contributed by atoms with Crippen LogP contribution in [0.25, 0.3) is 0 Å². The van der Waals surface area contributed by atoms with Gasteiger partial charge in [0.2, 0.25) is 0 Å². The van der Waals surface area contributed by atoms with Gasteiger partial charge in [0, 0.05) is 10.6 Å². The minimum atomic E-state index is -1.52. The molecule has 0 spiro atoms. The van der Waals surface area contributed by atoms with Gasteiger partial charge in [0.05, 0.1) is 6.04 Å². The van der Waals surface area contributed by atoms with E-state index in [-0.39, 0.29) is 5.56 Å². The average Bonchev–Trinajstić information content (AvgIpc) is 2.34. The van der Waals surface area contributed by atoms with E-state index in [1.165, 1.54) is 0 Å². The molecule has 2 aromatic carbocycles. The fraction of sp³-hybridized carbons (Fsp3) is 0.143. The topological polar surface area (TPSA) is 26.0 Å². The zero-order valence-corrected chi connectivity index (χ0v) is 10.8. The smallest absolute Gasteiger partial charge is 0.194 e. The Balaban J connectivity index is 2.50. The molecule has 0 heterocycles. The molecule has 0 aliphatic rings. The molecular weight excluding hydrogens is 275 g/mol. The molecule has 19 heavy (non-hydrogen) atoms. The van der Waals surface area contributed by atoms with E-state index in [2.05, 4.69) is 0 Å². The van der Waals surface area contributed by atoms with Crippen LogP contribution in [0, 0.1) is 24.4 Å². The lowest BCUT2D eigenvalue weighted by Crippen LogP contribution is -2.15. The lowest BCUT2D eigenvalue weighted by Gasteiger charge is -2.15. The Morgan fingerprint density at radius 1 is 1.05 bits per heavy atom. The summed E-state index contributed by atoms with van der Waals surface area (Å²) in [7, 11) is 0. The second-order valence-corrected chi connectivity index (χ2v) is 4.74. The molecule has 0 fully saturated rings. The van der Waals surface area contributed by atoms with Crippen LogP contribution in [0.2, 0.25) is 5.02 Å². The predicted molar refractivity (Wildman–Crippen MR) is 68.5 cm³/mol. The molecule has 0 saturated heterocycles. The van der Waals surface area contributed by atoms with Crippen LogP contribution in [0.1, 0.15) is 22.7 Å². The maximum atomic E-state index is 13.7. The highest BCUT2D eigenvalue weighted by Gasteiger charge is 2.19. The summed E-state index contributed by atoms with van der Waals surface area (Å²) in [6.07, 6.45) is 0. The summed E-state index contributed by atoms with van der Waals surface area (Å²) in [5.74, 6) is -4.03. The van der Waals surface area contributed by atoms with Crippen molar-refractivity contribution in [2.45, 2.75) is 13.0 Å². The number of aryl methyl sites for hydroxylation is 1. The van der Waals surface area contributed by atoms with Gasteiger partial charge < -0.3 is 5.73 Å². The van der Waals surface area contributed by atoms with Crippen molar-refractivity contribution in [1.82, 2.24) is 0 Å². The van der Waals surface area contributed by atoms with Gasteiger partial charge in [-0.05, 0) is 36.2 Å². The molecule has 2 rings (SSSR count). The molecule has 5 heteroatoms. The number of nitrogens with two attached hydrogens (primary N) is 1. The van der Waals surface area contributed by atoms with Gasteiger partial charge in [0.1, 0.15) is 0 Å². The van der Waals surface area contributed by atoms with Crippen molar-refractivity contribution in [2.24, 2.45) is 5.73 Å². The number of hydrogen-bond donors (Lipinski definition) is 1. The van der Waals surface area contributed by atoms with Crippen LogP contribution in [0.15, 0.2) is 30.3 Å². The first-order valence-electron chi connectivity index (χ1n) is 5.56. The number of halogens is 4. The zero-order chi connectivity index (χ0) is 14.2.